The molecule has 4 heteroatoms. The van der Waals surface area contributed by atoms with Gasteiger partial charge in [0, 0.05) is 29.8 Å². The molecule has 126 valence electrons. The molecule has 0 atom stereocenters. The minimum Gasteiger partial charge on any atom is -0.375 e. The fourth-order valence-electron chi connectivity index (χ4n) is 3.52. The summed E-state index contributed by atoms with van der Waals surface area (Å²) in [4.78, 5) is 12.9. The molecule has 3 aliphatic rings. The zero-order valence-electron chi connectivity index (χ0n) is 14.1. The van der Waals surface area contributed by atoms with Crippen molar-refractivity contribution in [3.05, 3.63) is 29.3 Å². The highest BCUT2D eigenvalue weighted by Crippen LogP contribution is 2.47. The van der Waals surface area contributed by atoms with E-state index in [0.29, 0.717) is 0 Å². The summed E-state index contributed by atoms with van der Waals surface area (Å²) >= 11 is 0. The predicted molar refractivity (Wildman–Crippen MR) is 92.9 cm³/mol. The van der Waals surface area contributed by atoms with Crippen molar-refractivity contribution in [2.24, 2.45) is 5.41 Å². The third-order valence-corrected chi connectivity index (χ3v) is 5.18. The maximum absolute atomic E-state index is 10.5. The molecule has 1 fully saturated rings. The lowest BCUT2D eigenvalue weighted by atomic mass is 10.0. The first kappa shape index (κ1) is 16.5. The van der Waals surface area contributed by atoms with Crippen LogP contribution < -0.4 is 10.2 Å². The Balaban J connectivity index is 0.000000142. The number of hydrogen-bond donors (Lipinski definition) is 1. The van der Waals surface area contributed by atoms with E-state index >= 15 is 0 Å². The molecule has 4 rings (SSSR count). The summed E-state index contributed by atoms with van der Waals surface area (Å²) in [5.74, 6) is 0. The summed E-state index contributed by atoms with van der Waals surface area (Å²) in [5, 5.41) is 3.08. The monoisotopic (exact) mass is 316 g/mol. The minimum atomic E-state index is 0.122. The van der Waals surface area contributed by atoms with Gasteiger partial charge in [0.2, 0.25) is 0 Å². The van der Waals surface area contributed by atoms with Gasteiger partial charge in [-0.3, -0.25) is 0 Å². The summed E-state index contributed by atoms with van der Waals surface area (Å²) in [6.07, 6.45) is 6.82. The topological polar surface area (TPSA) is 41.6 Å². The van der Waals surface area contributed by atoms with Gasteiger partial charge in [0.15, 0.2) is 0 Å². The number of nitrogens with one attached hydrogen (secondary N) is 1. The number of benzene rings is 1. The summed E-state index contributed by atoms with van der Waals surface area (Å²) in [5.41, 5.74) is 4.45. The number of nitrogens with zero attached hydrogens (tertiary/aromatic N) is 1. The van der Waals surface area contributed by atoms with Crippen molar-refractivity contribution < 1.29 is 9.53 Å². The predicted octanol–water partition coefficient (Wildman–Crippen LogP) is 2.54. The Hall–Kier alpha value is -1.39. The standard InChI is InChI=1S/C11H13NO.C8H15NO/c1-2-9-4-5-12-6-7-13-8-10(3-1)11(9)12;1-9-6-2-3-8(7-10)4-5-8/h1-3H,4-8H2;7,9H,2-6H2,1H3. The van der Waals surface area contributed by atoms with Crippen LogP contribution in [-0.4, -0.2) is 39.6 Å². The van der Waals surface area contributed by atoms with Gasteiger partial charge in [-0.1, -0.05) is 18.2 Å². The quantitative estimate of drug-likeness (QED) is 0.669. The van der Waals surface area contributed by atoms with Gasteiger partial charge in [-0.05, 0) is 51.3 Å². The second kappa shape index (κ2) is 7.45. The number of rotatable bonds is 5. The molecule has 0 unspecified atom stereocenters. The Bertz CT molecular complexity index is 540. The van der Waals surface area contributed by atoms with E-state index in [1.807, 2.05) is 7.05 Å². The molecular formula is C19H28N2O2. The number of aldehydes is 1. The summed E-state index contributed by atoms with van der Waals surface area (Å²) in [6.45, 7) is 4.93. The molecular weight excluding hydrogens is 288 g/mol. The molecule has 4 nitrogen and oxygen atoms in total. The van der Waals surface area contributed by atoms with Crippen molar-refractivity contribution in [3.63, 3.8) is 0 Å². The van der Waals surface area contributed by atoms with Crippen molar-refractivity contribution in [1.82, 2.24) is 5.32 Å². The van der Waals surface area contributed by atoms with Gasteiger partial charge in [-0.25, -0.2) is 0 Å². The zero-order chi connectivity index (χ0) is 16.1. The van der Waals surface area contributed by atoms with Crippen LogP contribution in [0.5, 0.6) is 0 Å². The van der Waals surface area contributed by atoms with E-state index in [2.05, 4.69) is 28.4 Å². The van der Waals surface area contributed by atoms with Crippen LogP contribution >= 0.6 is 0 Å². The molecule has 0 bridgehead atoms. The molecule has 1 aromatic carbocycles. The molecule has 2 heterocycles. The Morgan fingerprint density at radius 3 is 2.87 bits per heavy atom. The molecule has 1 saturated carbocycles. The molecule has 0 amide bonds. The summed E-state index contributed by atoms with van der Waals surface area (Å²) in [6, 6.07) is 6.57. The molecule has 1 N–H and O–H groups in total. The van der Waals surface area contributed by atoms with E-state index in [9.17, 15) is 4.79 Å². The Morgan fingerprint density at radius 2 is 2.13 bits per heavy atom. The van der Waals surface area contributed by atoms with Gasteiger partial charge in [0.1, 0.15) is 6.29 Å². The zero-order valence-corrected chi connectivity index (χ0v) is 14.1. The Morgan fingerprint density at radius 1 is 1.30 bits per heavy atom. The number of anilines is 1. The Kier molecular flexibility index (Phi) is 5.34. The van der Waals surface area contributed by atoms with Gasteiger partial charge < -0.3 is 19.7 Å². The number of ether oxygens (including phenoxy) is 1. The van der Waals surface area contributed by atoms with E-state index in [4.69, 9.17) is 4.74 Å². The molecule has 0 aromatic heterocycles. The number of carbonyl (C=O) groups excluding carboxylic acids is 1. The van der Waals surface area contributed by atoms with Crippen LogP contribution in [0.15, 0.2) is 18.2 Å². The van der Waals surface area contributed by atoms with E-state index in [0.717, 1.165) is 58.3 Å². The second-order valence-electron chi connectivity index (χ2n) is 6.90. The lowest BCUT2D eigenvalue weighted by molar-refractivity contribution is -0.112. The third kappa shape index (κ3) is 3.93. The van der Waals surface area contributed by atoms with Crippen molar-refractivity contribution in [1.29, 1.82) is 0 Å². The number of para-hydroxylation sites is 1. The van der Waals surface area contributed by atoms with Crippen LogP contribution in [0.2, 0.25) is 0 Å². The van der Waals surface area contributed by atoms with Crippen LogP contribution in [0.25, 0.3) is 0 Å². The van der Waals surface area contributed by atoms with Crippen LogP contribution in [0, 0.1) is 5.41 Å². The minimum absolute atomic E-state index is 0.122. The van der Waals surface area contributed by atoms with Crippen LogP contribution in [0.1, 0.15) is 36.8 Å². The maximum Gasteiger partial charge on any atom is 0.126 e. The smallest absolute Gasteiger partial charge is 0.126 e. The SMILES string of the molecule is CNCCCC1(C=O)CC1.c1cc2c3c(c1)COCCN3CC2. The van der Waals surface area contributed by atoms with Gasteiger partial charge in [0.05, 0.1) is 13.2 Å². The highest BCUT2D eigenvalue weighted by molar-refractivity contribution is 5.64. The largest absolute Gasteiger partial charge is 0.375 e. The molecule has 0 spiro atoms. The highest BCUT2D eigenvalue weighted by atomic mass is 16.5. The maximum atomic E-state index is 10.5. The van der Waals surface area contributed by atoms with Crippen LogP contribution in [-0.2, 0) is 22.6 Å². The molecule has 1 aromatic rings. The molecule has 0 saturated heterocycles. The van der Waals surface area contributed by atoms with E-state index in [1.165, 1.54) is 29.8 Å². The van der Waals surface area contributed by atoms with Crippen molar-refractivity contribution in [3.8, 4) is 0 Å². The van der Waals surface area contributed by atoms with E-state index in [1.54, 1.807) is 0 Å². The first-order valence-electron chi connectivity index (χ1n) is 8.82. The third-order valence-electron chi connectivity index (χ3n) is 5.18. The molecule has 2 aliphatic heterocycles. The normalized spacial score (nSPS) is 20.1. The van der Waals surface area contributed by atoms with Gasteiger partial charge in [-0.15, -0.1) is 0 Å². The lowest BCUT2D eigenvalue weighted by Crippen LogP contribution is -2.23. The fraction of sp³-hybridized carbons (Fsp3) is 0.632. The van der Waals surface area contributed by atoms with Gasteiger partial charge in [0.25, 0.3) is 0 Å². The van der Waals surface area contributed by atoms with Crippen LogP contribution in [0.3, 0.4) is 0 Å². The molecule has 1 aliphatic carbocycles. The first-order valence-corrected chi connectivity index (χ1v) is 8.82. The van der Waals surface area contributed by atoms with E-state index in [-0.39, 0.29) is 5.41 Å². The van der Waals surface area contributed by atoms with Crippen molar-refractivity contribution >= 4 is 12.0 Å². The number of carbonyl (C=O) groups is 1. The summed E-state index contributed by atoms with van der Waals surface area (Å²) in [7, 11) is 1.94. The second-order valence-corrected chi connectivity index (χ2v) is 6.90. The summed E-state index contributed by atoms with van der Waals surface area (Å²) < 4.78 is 5.54. The van der Waals surface area contributed by atoms with E-state index < -0.39 is 0 Å². The average Bonchev–Trinajstić information content (AvgIpc) is 3.29. The van der Waals surface area contributed by atoms with Gasteiger partial charge in [-0.2, -0.15) is 0 Å². The lowest BCUT2D eigenvalue weighted by Gasteiger charge is -2.17. The molecule has 0 radical (unpaired) electrons. The van der Waals surface area contributed by atoms with Crippen molar-refractivity contribution in [2.75, 3.05) is 38.2 Å². The van der Waals surface area contributed by atoms with Crippen molar-refractivity contribution in [2.45, 2.75) is 38.7 Å². The highest BCUT2D eigenvalue weighted by Gasteiger charge is 2.41. The van der Waals surface area contributed by atoms with Gasteiger partial charge >= 0.3 is 0 Å². The average molecular weight is 316 g/mol. The molecule has 23 heavy (non-hydrogen) atoms. The fourth-order valence-corrected chi connectivity index (χ4v) is 3.52. The number of hydrogen-bond acceptors (Lipinski definition) is 4. The van der Waals surface area contributed by atoms with Crippen LogP contribution in [0.4, 0.5) is 5.69 Å². The first-order chi connectivity index (χ1) is 11.3. The Labute approximate surface area is 139 Å².